The molecule has 0 heterocycles. The molecule has 1 aromatic rings. The predicted molar refractivity (Wildman–Crippen MR) is 70.7 cm³/mol. The SMILES string of the molecule is COc1c(CCNS(C)=O)cc(Cl)cc1C(=O)O. The van der Waals surface area contributed by atoms with Gasteiger partial charge in [0, 0.05) is 17.8 Å². The van der Waals surface area contributed by atoms with Gasteiger partial charge in [0.25, 0.3) is 0 Å². The molecular formula is C11H14ClNO4S. The van der Waals surface area contributed by atoms with Crippen LogP contribution in [0.15, 0.2) is 12.1 Å². The van der Waals surface area contributed by atoms with Gasteiger partial charge in [-0.15, -0.1) is 0 Å². The van der Waals surface area contributed by atoms with Gasteiger partial charge in [-0.1, -0.05) is 11.6 Å². The Labute approximate surface area is 113 Å². The Morgan fingerprint density at radius 1 is 1.56 bits per heavy atom. The van der Waals surface area contributed by atoms with Crippen molar-refractivity contribution in [1.29, 1.82) is 0 Å². The van der Waals surface area contributed by atoms with Gasteiger partial charge in [-0.05, 0) is 24.1 Å². The Morgan fingerprint density at radius 3 is 2.72 bits per heavy atom. The number of nitrogens with one attached hydrogen (secondary N) is 1. The van der Waals surface area contributed by atoms with Crippen LogP contribution in [0.1, 0.15) is 15.9 Å². The van der Waals surface area contributed by atoms with Gasteiger partial charge in [0.05, 0.1) is 18.1 Å². The highest BCUT2D eigenvalue weighted by Gasteiger charge is 2.16. The van der Waals surface area contributed by atoms with E-state index in [0.717, 1.165) is 0 Å². The van der Waals surface area contributed by atoms with Crippen LogP contribution in [-0.4, -0.2) is 35.2 Å². The van der Waals surface area contributed by atoms with Crippen LogP contribution in [0, 0.1) is 0 Å². The van der Waals surface area contributed by atoms with Crippen molar-refractivity contribution >= 4 is 28.6 Å². The van der Waals surface area contributed by atoms with Crippen LogP contribution in [0.25, 0.3) is 0 Å². The third-order valence-electron chi connectivity index (χ3n) is 2.26. The van der Waals surface area contributed by atoms with Crippen LogP contribution < -0.4 is 9.46 Å². The monoisotopic (exact) mass is 291 g/mol. The number of halogens is 1. The molecule has 2 N–H and O–H groups in total. The first-order chi connectivity index (χ1) is 8.45. The molecule has 0 aromatic heterocycles. The van der Waals surface area contributed by atoms with Crippen molar-refractivity contribution in [1.82, 2.24) is 4.72 Å². The molecule has 0 aliphatic rings. The summed E-state index contributed by atoms with van der Waals surface area (Å²) in [7, 11) is 0.300. The van der Waals surface area contributed by atoms with Gasteiger partial charge < -0.3 is 9.84 Å². The minimum Gasteiger partial charge on any atom is -0.496 e. The fourth-order valence-electron chi connectivity index (χ4n) is 1.57. The quantitative estimate of drug-likeness (QED) is 0.832. The highest BCUT2D eigenvalue weighted by atomic mass is 35.5. The number of ether oxygens (including phenoxy) is 1. The standard InChI is InChI=1S/C11H14ClNO4S/c1-17-10-7(3-4-13-18(2)16)5-8(12)6-9(10)11(14)15/h5-6,13H,3-4H2,1-2H3,(H,14,15). The van der Waals surface area contributed by atoms with Gasteiger partial charge in [-0.3, -0.25) is 0 Å². The van der Waals surface area contributed by atoms with Crippen LogP contribution in [-0.2, 0) is 17.4 Å². The molecule has 7 heteroatoms. The van der Waals surface area contributed by atoms with E-state index in [-0.39, 0.29) is 11.3 Å². The van der Waals surface area contributed by atoms with Crippen LogP contribution in [0.4, 0.5) is 0 Å². The highest BCUT2D eigenvalue weighted by molar-refractivity contribution is 7.82. The van der Waals surface area contributed by atoms with E-state index in [2.05, 4.69) is 4.72 Å². The summed E-state index contributed by atoms with van der Waals surface area (Å²) in [4.78, 5) is 11.1. The largest absolute Gasteiger partial charge is 0.496 e. The van der Waals surface area contributed by atoms with E-state index >= 15 is 0 Å². The van der Waals surface area contributed by atoms with Crippen molar-refractivity contribution in [3.63, 3.8) is 0 Å². The molecule has 100 valence electrons. The number of carboxylic acids is 1. The number of rotatable bonds is 6. The lowest BCUT2D eigenvalue weighted by atomic mass is 10.1. The van der Waals surface area contributed by atoms with E-state index in [9.17, 15) is 9.00 Å². The van der Waals surface area contributed by atoms with Crippen molar-refractivity contribution in [2.75, 3.05) is 19.9 Å². The summed E-state index contributed by atoms with van der Waals surface area (Å²) in [5, 5.41) is 9.39. The molecule has 1 rings (SSSR count). The van der Waals surface area contributed by atoms with E-state index in [1.165, 1.54) is 19.4 Å². The maximum atomic E-state index is 11.1. The number of carbonyl (C=O) groups is 1. The lowest BCUT2D eigenvalue weighted by Crippen LogP contribution is -2.19. The van der Waals surface area contributed by atoms with Gasteiger partial charge in [0.2, 0.25) is 0 Å². The average molecular weight is 292 g/mol. The highest BCUT2D eigenvalue weighted by Crippen LogP contribution is 2.28. The van der Waals surface area contributed by atoms with E-state index < -0.39 is 17.0 Å². The van der Waals surface area contributed by atoms with Crippen molar-refractivity contribution in [3.05, 3.63) is 28.3 Å². The smallest absolute Gasteiger partial charge is 0.339 e. The summed E-state index contributed by atoms with van der Waals surface area (Å²) < 4.78 is 18.7. The van der Waals surface area contributed by atoms with Crippen LogP contribution in [0.5, 0.6) is 5.75 Å². The summed E-state index contributed by atoms with van der Waals surface area (Å²) in [6.07, 6.45) is 2.00. The first kappa shape index (κ1) is 14.9. The lowest BCUT2D eigenvalue weighted by molar-refractivity contribution is 0.0693. The number of aromatic carboxylic acids is 1. The van der Waals surface area contributed by atoms with Crippen molar-refractivity contribution < 1.29 is 18.8 Å². The molecule has 0 amide bonds. The number of carboxylic acid groups (broad SMARTS) is 1. The zero-order chi connectivity index (χ0) is 13.7. The van der Waals surface area contributed by atoms with E-state index in [4.69, 9.17) is 21.4 Å². The molecular weight excluding hydrogens is 278 g/mol. The summed E-state index contributed by atoms with van der Waals surface area (Å²) >= 11 is 5.87. The second kappa shape index (κ2) is 6.72. The third kappa shape index (κ3) is 3.97. The van der Waals surface area contributed by atoms with Crippen molar-refractivity contribution in [2.24, 2.45) is 0 Å². The second-order valence-electron chi connectivity index (χ2n) is 3.55. The second-order valence-corrected chi connectivity index (χ2v) is 5.18. The van der Waals surface area contributed by atoms with Crippen LogP contribution >= 0.6 is 11.6 Å². The first-order valence-electron chi connectivity index (χ1n) is 5.12. The Hall–Kier alpha value is -1.11. The number of benzene rings is 1. The normalized spacial score (nSPS) is 12.2. The van der Waals surface area contributed by atoms with Crippen LogP contribution in [0.2, 0.25) is 5.02 Å². The summed E-state index contributed by atoms with van der Waals surface area (Å²) in [6.45, 7) is 0.443. The molecule has 0 saturated heterocycles. The molecule has 1 atom stereocenters. The molecule has 0 aliphatic heterocycles. The van der Waals surface area contributed by atoms with Gasteiger partial charge in [-0.25, -0.2) is 13.7 Å². The van der Waals surface area contributed by atoms with E-state index in [0.29, 0.717) is 23.6 Å². The van der Waals surface area contributed by atoms with Gasteiger partial charge in [0.1, 0.15) is 11.3 Å². The minimum atomic E-state index is -1.11. The fourth-order valence-corrected chi connectivity index (χ4v) is 2.20. The summed E-state index contributed by atoms with van der Waals surface area (Å²) in [6, 6.07) is 2.99. The minimum absolute atomic E-state index is 0.0256. The number of methoxy groups -OCH3 is 1. The average Bonchev–Trinajstić information content (AvgIpc) is 2.27. The first-order valence-corrected chi connectivity index (χ1v) is 7.06. The fraction of sp³-hybridized carbons (Fsp3) is 0.364. The molecule has 0 bridgehead atoms. The third-order valence-corrected chi connectivity index (χ3v) is 3.09. The lowest BCUT2D eigenvalue weighted by Gasteiger charge is -2.12. The van der Waals surface area contributed by atoms with Crippen LogP contribution in [0.3, 0.4) is 0 Å². The van der Waals surface area contributed by atoms with E-state index in [1.807, 2.05) is 0 Å². The van der Waals surface area contributed by atoms with Crippen molar-refractivity contribution in [3.8, 4) is 5.75 Å². The Kier molecular flexibility index (Phi) is 5.58. The molecule has 18 heavy (non-hydrogen) atoms. The molecule has 0 radical (unpaired) electrons. The number of hydrogen-bond acceptors (Lipinski definition) is 3. The van der Waals surface area contributed by atoms with Gasteiger partial charge in [0.15, 0.2) is 0 Å². The Bertz CT molecular complexity index is 478. The maximum Gasteiger partial charge on any atom is 0.339 e. The van der Waals surface area contributed by atoms with Gasteiger partial charge >= 0.3 is 5.97 Å². The van der Waals surface area contributed by atoms with Crippen molar-refractivity contribution in [2.45, 2.75) is 6.42 Å². The molecule has 0 fully saturated rings. The maximum absolute atomic E-state index is 11.1. The molecule has 1 aromatic carbocycles. The summed E-state index contributed by atoms with van der Waals surface area (Å²) in [5.41, 5.74) is 0.693. The molecule has 0 spiro atoms. The predicted octanol–water partition coefficient (Wildman–Crippen LogP) is 1.47. The van der Waals surface area contributed by atoms with E-state index in [1.54, 1.807) is 6.07 Å². The molecule has 0 saturated carbocycles. The number of hydrogen-bond donors (Lipinski definition) is 2. The molecule has 5 nitrogen and oxygen atoms in total. The summed E-state index contributed by atoms with van der Waals surface area (Å²) in [5.74, 6) is -0.807. The zero-order valence-corrected chi connectivity index (χ0v) is 11.6. The Balaban J connectivity index is 3.02. The molecule has 1 unspecified atom stereocenters. The topological polar surface area (TPSA) is 75.6 Å². The zero-order valence-electron chi connectivity index (χ0n) is 10.0. The van der Waals surface area contributed by atoms with Gasteiger partial charge in [-0.2, -0.15) is 0 Å². The molecule has 0 aliphatic carbocycles. The Morgan fingerprint density at radius 2 is 2.22 bits per heavy atom.